The van der Waals surface area contributed by atoms with E-state index in [1.807, 2.05) is 71.6 Å². The standard InChI is InChI=1S/C22H22N4O2.C22H23N3O4.C19H19N5O2.C17H24N4O2/c23-21(24)15-7-3-8-16(11-15)28-17-12-20(25-13-17)22(27)26-19-10-4-6-14-5-1-2-9-18(14)19;1-2-11-28-22(27)19-13-18(29-17-10-6-9-16(12-17)20(23)24)14-25(19)21(26)15-7-4-3-5-8-15;1-22-13-5-7-14(8-6-13)24-19(25)17-10-16(11-23-17)26-15-4-2-3-12(9-15)18(20)21;18-16(19)12-5-4-6-13(9-12)23-14-10-15(20-11-14)17(22)21-7-2-1-3-8-21/h1-11,17,20,25H,12-13H2,(H3,23,24)(H,26,27);2-10,12,18-19H,1,11,13-14H2,(H3,23,24);2-9,16-17,23H,10-11H2,(H3,20,21)(H,24,25);4-6,9,14-15,20H,1-3,7-8,10-11H2,(H3,18,19)/t17-,20+;18-,19+;16-,17+;14-,15+/m1111/s1. The summed E-state index contributed by atoms with van der Waals surface area (Å²) in [5.74, 6) is 1.70. The zero-order chi connectivity index (χ0) is 75.1. The Kier molecular flexibility index (Phi) is 26.7. The molecule has 0 unspecified atom stereocenters. The quantitative estimate of drug-likeness (QED) is 0.0105. The molecular weight excluding hydrogens is 1340 g/mol. The minimum atomic E-state index is -0.747. The number of nitrogens with one attached hydrogen (secondary N) is 9. The predicted octanol–water partition coefficient (Wildman–Crippen LogP) is 8.60. The fraction of sp³-hybridized carbons (Fsp3) is 0.275. The van der Waals surface area contributed by atoms with E-state index in [0.717, 1.165) is 42.4 Å². The summed E-state index contributed by atoms with van der Waals surface area (Å²) < 4.78 is 29.0. The first kappa shape index (κ1) is 76.2. The summed E-state index contributed by atoms with van der Waals surface area (Å²) in [6.07, 6.45) is 6.32. The van der Waals surface area contributed by atoms with Crippen molar-refractivity contribution in [3.05, 3.63) is 246 Å². The number of amides is 4. The molecule has 13 rings (SSSR count). The van der Waals surface area contributed by atoms with Crippen molar-refractivity contribution >= 4 is 80.8 Å². The number of nitrogen functional groups attached to an aromatic ring is 4. The number of fused-ring (bicyclic) bond motifs is 1. The van der Waals surface area contributed by atoms with Crippen molar-refractivity contribution in [3.63, 3.8) is 0 Å². The number of nitrogens with two attached hydrogens (primary N) is 4. The first-order valence-electron chi connectivity index (χ1n) is 34.9. The number of rotatable bonds is 21. The van der Waals surface area contributed by atoms with E-state index in [2.05, 4.69) is 38.0 Å². The number of ether oxygens (including phenoxy) is 5. The van der Waals surface area contributed by atoms with Gasteiger partial charge in [-0.05, 0) is 104 Å². The average Bonchev–Trinajstić information content (AvgIpc) is 1.65. The highest BCUT2D eigenvalue weighted by atomic mass is 16.5. The van der Waals surface area contributed by atoms with E-state index in [1.165, 1.54) is 17.4 Å². The van der Waals surface area contributed by atoms with Crippen LogP contribution in [0, 0.1) is 28.2 Å². The summed E-state index contributed by atoms with van der Waals surface area (Å²) in [5, 5.41) is 47.7. The Bertz CT molecular complexity index is 4500. The second-order valence-electron chi connectivity index (χ2n) is 25.9. The summed E-state index contributed by atoms with van der Waals surface area (Å²) in [5.41, 5.74) is 26.9. The van der Waals surface area contributed by atoms with Crippen LogP contribution in [0.5, 0.6) is 23.0 Å². The number of benzene rings is 8. The monoisotopic (exact) mass is 1430 g/mol. The maximum absolute atomic E-state index is 13.0. The van der Waals surface area contributed by atoms with Gasteiger partial charge in [-0.3, -0.25) is 40.8 Å². The van der Waals surface area contributed by atoms with E-state index in [-0.39, 0.29) is 96.6 Å². The first-order valence-corrected chi connectivity index (χ1v) is 34.9. The minimum absolute atomic E-state index is 0.00217. The lowest BCUT2D eigenvalue weighted by Gasteiger charge is -2.29. The molecule has 4 amide bonds. The number of carbonyl (C=O) groups excluding carboxylic acids is 5. The Morgan fingerprint density at radius 3 is 1.43 bits per heavy atom. The average molecular weight is 1430 g/mol. The number of carbonyl (C=O) groups is 5. The highest BCUT2D eigenvalue weighted by Crippen LogP contribution is 2.30. The topological polar surface area (TPSA) is 402 Å². The van der Waals surface area contributed by atoms with Crippen LogP contribution in [0.15, 0.2) is 207 Å². The Hall–Kier alpha value is -12.4. The van der Waals surface area contributed by atoms with Crippen LogP contribution in [0.1, 0.15) is 77.6 Å². The molecule has 0 radical (unpaired) electrons. The van der Waals surface area contributed by atoms with Gasteiger partial charge in [0.1, 0.15) is 83.4 Å². The normalized spacial score (nSPS) is 19.8. The fourth-order valence-electron chi connectivity index (χ4n) is 12.7. The zero-order valence-electron chi connectivity index (χ0n) is 58.5. The smallest absolute Gasteiger partial charge is 0.329 e. The van der Waals surface area contributed by atoms with Gasteiger partial charge in [0.15, 0.2) is 5.69 Å². The molecule has 0 saturated carbocycles. The van der Waals surface area contributed by atoms with Crippen LogP contribution in [0.25, 0.3) is 15.6 Å². The molecule has 8 aromatic carbocycles. The SMILES string of the molecule is C=CCOC(=O)[C@@H]1C[C@@H](Oc2cccc(C(=N)N)c2)CN1C(=O)c1ccccc1.N=C(N)c1cccc(O[C@H]2CN[C@H](C(=O)N3CCCCC3)C2)c1.N=C(N)c1cccc(O[C@H]2CN[C@H](C(=O)Nc3cccc4ccccc34)C2)c1.[C-]#[N+]c1ccc(NC(=O)[C@@H]2C[C@@H](Oc3cccc(C(=N)N)c3)CN2)cc1. The van der Waals surface area contributed by atoms with Gasteiger partial charge in [0.2, 0.25) is 17.7 Å². The van der Waals surface area contributed by atoms with Gasteiger partial charge >= 0.3 is 5.97 Å². The molecule has 5 heterocycles. The van der Waals surface area contributed by atoms with Gasteiger partial charge in [-0.25, -0.2) is 9.64 Å². The van der Waals surface area contributed by atoms with Crippen molar-refractivity contribution in [1.29, 1.82) is 21.6 Å². The van der Waals surface area contributed by atoms with E-state index in [1.54, 1.807) is 127 Å². The molecule has 5 aliphatic rings. The van der Waals surface area contributed by atoms with Crippen LogP contribution in [0.4, 0.5) is 17.1 Å². The Morgan fingerprint density at radius 2 is 0.943 bits per heavy atom. The molecule has 5 aliphatic heterocycles. The molecule has 5 saturated heterocycles. The van der Waals surface area contributed by atoms with Crippen LogP contribution in [0.3, 0.4) is 0 Å². The summed E-state index contributed by atoms with van der Waals surface area (Å²) in [6.45, 7) is 14.4. The summed E-state index contributed by atoms with van der Waals surface area (Å²) in [7, 11) is 0. The van der Waals surface area contributed by atoms with E-state index in [4.69, 9.17) is 74.8 Å². The van der Waals surface area contributed by atoms with Crippen molar-refractivity contribution < 1.29 is 47.7 Å². The maximum atomic E-state index is 13.0. The van der Waals surface area contributed by atoms with Gasteiger partial charge in [0.05, 0.1) is 31.2 Å². The number of nitrogens with zero attached hydrogens (tertiary/aromatic N) is 3. The van der Waals surface area contributed by atoms with Gasteiger partial charge in [-0.1, -0.05) is 128 Å². The molecular formula is C80H88N16O10. The lowest BCUT2D eigenvalue weighted by molar-refractivity contribution is -0.147. The highest BCUT2D eigenvalue weighted by Gasteiger charge is 2.42. The van der Waals surface area contributed by atoms with Crippen LogP contribution >= 0.6 is 0 Å². The molecule has 0 spiro atoms. The first-order chi connectivity index (χ1) is 51.3. The molecule has 0 aromatic heterocycles. The Labute approximate surface area is 615 Å². The molecule has 26 nitrogen and oxygen atoms in total. The molecule has 548 valence electrons. The van der Waals surface area contributed by atoms with E-state index < -0.39 is 18.1 Å². The predicted molar refractivity (Wildman–Crippen MR) is 408 cm³/mol. The number of likely N-dealkylation sites (tertiary alicyclic amines) is 2. The van der Waals surface area contributed by atoms with E-state index in [0.29, 0.717) is 108 Å². The van der Waals surface area contributed by atoms with Crippen LogP contribution < -0.4 is 68.5 Å². The third kappa shape index (κ3) is 21.3. The van der Waals surface area contributed by atoms with E-state index >= 15 is 0 Å². The van der Waals surface area contributed by atoms with Crippen LogP contribution in [0.2, 0.25) is 0 Å². The third-order valence-electron chi connectivity index (χ3n) is 18.1. The zero-order valence-corrected chi connectivity index (χ0v) is 58.5. The Balaban J connectivity index is 0.000000152. The van der Waals surface area contributed by atoms with Crippen molar-refractivity contribution in [2.45, 2.75) is 93.5 Å². The summed E-state index contributed by atoms with van der Waals surface area (Å²) in [6, 6.07) is 56.1. The fourth-order valence-corrected chi connectivity index (χ4v) is 12.7. The molecule has 8 aromatic rings. The van der Waals surface area contributed by atoms with Crippen molar-refractivity contribution in [2.24, 2.45) is 22.9 Å². The second kappa shape index (κ2) is 37.1. The van der Waals surface area contributed by atoms with E-state index in [9.17, 15) is 24.0 Å². The Morgan fingerprint density at radius 1 is 0.509 bits per heavy atom. The summed E-state index contributed by atoms with van der Waals surface area (Å²) >= 11 is 0. The third-order valence-corrected chi connectivity index (χ3v) is 18.1. The van der Waals surface area contributed by atoms with Crippen molar-refractivity contribution in [1.82, 2.24) is 25.8 Å². The molecule has 0 bridgehead atoms. The number of anilines is 2. The van der Waals surface area contributed by atoms with Gasteiger partial charge in [0, 0.05) is 103 Å². The molecule has 0 aliphatic carbocycles. The highest BCUT2D eigenvalue weighted by molar-refractivity contribution is 6.04. The number of amidine groups is 4. The van der Waals surface area contributed by atoms with Crippen LogP contribution in [-0.2, 0) is 23.9 Å². The molecule has 17 N–H and O–H groups in total. The minimum Gasteiger partial charge on any atom is -0.489 e. The number of hydrogen-bond donors (Lipinski definition) is 13. The summed E-state index contributed by atoms with van der Waals surface area (Å²) in [4.78, 5) is 69.9. The molecule has 8 atom stereocenters. The molecule has 5 fully saturated rings. The lowest BCUT2D eigenvalue weighted by atomic mass is 10.1. The van der Waals surface area contributed by atoms with Gasteiger partial charge in [-0.2, -0.15) is 0 Å². The largest absolute Gasteiger partial charge is 0.489 e. The molecule has 26 heteroatoms. The van der Waals surface area contributed by atoms with Crippen molar-refractivity contribution in [3.8, 4) is 23.0 Å². The second-order valence-corrected chi connectivity index (χ2v) is 25.9. The van der Waals surface area contributed by atoms with Crippen LogP contribution in [-0.4, -0.2) is 157 Å². The van der Waals surface area contributed by atoms with Crippen molar-refractivity contribution in [2.75, 3.05) is 56.5 Å². The van der Waals surface area contributed by atoms with Gasteiger partial charge in [-0.15, -0.1) is 0 Å². The molecule has 106 heavy (non-hydrogen) atoms. The van der Waals surface area contributed by atoms with Gasteiger partial charge < -0.3 is 83.0 Å². The van der Waals surface area contributed by atoms with Gasteiger partial charge in [0.25, 0.3) is 5.91 Å². The number of hydrogen-bond acceptors (Lipinski definition) is 17. The number of esters is 1. The maximum Gasteiger partial charge on any atom is 0.329 e. The number of piperidine rings is 1. The lowest BCUT2D eigenvalue weighted by Crippen LogP contribution is -2.45.